The average molecular weight is 375 g/mol. The van der Waals surface area contributed by atoms with Crippen LogP contribution in [0, 0.1) is 0 Å². The molecule has 0 spiro atoms. The summed E-state index contributed by atoms with van der Waals surface area (Å²) in [5.74, 6) is 1.81. The summed E-state index contributed by atoms with van der Waals surface area (Å²) < 4.78 is 7.15. The van der Waals surface area contributed by atoms with Gasteiger partial charge in [-0.25, -0.2) is 9.97 Å². The van der Waals surface area contributed by atoms with Crippen LogP contribution in [0.2, 0.25) is 0 Å². The molecule has 7 nitrogen and oxygen atoms in total. The number of fused-ring (bicyclic) bond motifs is 2. The number of nitrogens with zero attached hydrogens (tertiary/aromatic N) is 4. The van der Waals surface area contributed by atoms with Crippen molar-refractivity contribution >= 4 is 22.6 Å². The highest BCUT2D eigenvalue weighted by molar-refractivity contribution is 5.93. The number of aromatic nitrogens is 4. The fourth-order valence-electron chi connectivity index (χ4n) is 4.07. The largest absolute Gasteiger partial charge is 0.497 e. The highest BCUT2D eigenvalue weighted by atomic mass is 16.5. The van der Waals surface area contributed by atoms with Crippen molar-refractivity contribution in [2.45, 2.75) is 18.8 Å². The van der Waals surface area contributed by atoms with E-state index < -0.39 is 0 Å². The number of ether oxygens (including phenoxy) is 1. The number of rotatable bonds is 3. The molecule has 5 rings (SSSR count). The minimum Gasteiger partial charge on any atom is -0.497 e. The molecular formula is C21H21N5O2. The van der Waals surface area contributed by atoms with Gasteiger partial charge in [0.25, 0.3) is 5.91 Å². The van der Waals surface area contributed by atoms with Crippen LogP contribution in [-0.2, 0) is 0 Å². The molecule has 0 atom stereocenters. The summed E-state index contributed by atoms with van der Waals surface area (Å²) in [4.78, 5) is 26.7. The maximum absolute atomic E-state index is 12.9. The van der Waals surface area contributed by atoms with Crippen LogP contribution in [0.1, 0.15) is 34.8 Å². The first-order chi connectivity index (χ1) is 13.7. The van der Waals surface area contributed by atoms with Crippen LogP contribution in [0.25, 0.3) is 16.7 Å². The number of carbonyl (C=O) groups is 1. The lowest BCUT2D eigenvalue weighted by Crippen LogP contribution is -2.38. The van der Waals surface area contributed by atoms with Crippen molar-refractivity contribution in [1.29, 1.82) is 0 Å². The minimum atomic E-state index is -0.0236. The van der Waals surface area contributed by atoms with Crippen molar-refractivity contribution in [2.24, 2.45) is 0 Å². The zero-order valence-corrected chi connectivity index (χ0v) is 15.6. The Balaban J connectivity index is 1.33. The predicted octanol–water partition coefficient (Wildman–Crippen LogP) is 3.24. The maximum Gasteiger partial charge on any atom is 0.274 e. The predicted molar refractivity (Wildman–Crippen MR) is 106 cm³/mol. The summed E-state index contributed by atoms with van der Waals surface area (Å²) in [6.07, 6.45) is 9.24. The number of hydrogen-bond donors (Lipinski definition) is 1. The van der Waals surface area contributed by atoms with Gasteiger partial charge in [-0.1, -0.05) is 0 Å². The molecule has 1 aliphatic heterocycles. The Morgan fingerprint density at radius 1 is 1.29 bits per heavy atom. The second-order valence-corrected chi connectivity index (χ2v) is 7.18. The van der Waals surface area contributed by atoms with Crippen molar-refractivity contribution in [1.82, 2.24) is 24.3 Å². The van der Waals surface area contributed by atoms with Gasteiger partial charge in [-0.15, -0.1) is 0 Å². The molecular weight excluding hydrogens is 354 g/mol. The standard InChI is InChI=1S/C21H21N5O2/c1-28-15-3-4-18-16(11-15)17(12-23-18)14-5-9-25(10-6-14)20(27)19-13-26-8-2-7-22-21(26)24-19/h2-4,7-8,11-14,23H,5-6,9-10H2,1H3. The van der Waals surface area contributed by atoms with E-state index in [0.717, 1.165) is 37.2 Å². The smallest absolute Gasteiger partial charge is 0.274 e. The zero-order chi connectivity index (χ0) is 19.1. The van der Waals surface area contributed by atoms with Gasteiger partial charge in [0.05, 0.1) is 7.11 Å². The van der Waals surface area contributed by atoms with E-state index in [1.165, 1.54) is 10.9 Å². The lowest BCUT2D eigenvalue weighted by Gasteiger charge is -2.31. The van der Waals surface area contributed by atoms with Crippen LogP contribution in [0.15, 0.2) is 49.1 Å². The number of piperidine rings is 1. The Hall–Kier alpha value is -3.35. The molecule has 0 radical (unpaired) electrons. The van der Waals surface area contributed by atoms with Gasteiger partial charge < -0.3 is 14.6 Å². The second kappa shape index (κ2) is 6.67. The van der Waals surface area contributed by atoms with Crippen LogP contribution < -0.4 is 4.74 Å². The third-order valence-electron chi connectivity index (χ3n) is 5.60. The molecule has 0 saturated carbocycles. The number of benzene rings is 1. The Bertz CT molecular complexity index is 1120. The van der Waals surface area contributed by atoms with E-state index in [4.69, 9.17) is 4.74 Å². The van der Waals surface area contributed by atoms with Gasteiger partial charge >= 0.3 is 0 Å². The van der Waals surface area contributed by atoms with Crippen LogP contribution in [0.3, 0.4) is 0 Å². The number of amides is 1. The molecule has 0 aliphatic carbocycles. The number of H-pyrrole nitrogens is 1. The van der Waals surface area contributed by atoms with Crippen molar-refractivity contribution in [3.8, 4) is 5.75 Å². The van der Waals surface area contributed by atoms with E-state index in [9.17, 15) is 4.79 Å². The third kappa shape index (κ3) is 2.79. The number of likely N-dealkylation sites (tertiary alicyclic amines) is 1. The minimum absolute atomic E-state index is 0.0236. The first-order valence-corrected chi connectivity index (χ1v) is 9.47. The number of carbonyl (C=O) groups excluding carboxylic acids is 1. The van der Waals surface area contributed by atoms with E-state index in [0.29, 0.717) is 17.4 Å². The number of imidazole rings is 1. The number of aromatic amines is 1. The van der Waals surface area contributed by atoms with Crippen molar-refractivity contribution in [2.75, 3.05) is 20.2 Å². The summed E-state index contributed by atoms with van der Waals surface area (Å²) in [6, 6.07) is 7.92. The quantitative estimate of drug-likeness (QED) is 0.596. The van der Waals surface area contributed by atoms with Gasteiger partial charge in [0, 0.05) is 48.8 Å². The molecule has 1 amide bonds. The van der Waals surface area contributed by atoms with Crippen LogP contribution in [-0.4, -0.2) is 50.4 Å². The molecule has 1 fully saturated rings. The topological polar surface area (TPSA) is 75.5 Å². The third-order valence-corrected chi connectivity index (χ3v) is 5.60. The zero-order valence-electron chi connectivity index (χ0n) is 15.6. The molecule has 1 N–H and O–H groups in total. The van der Waals surface area contributed by atoms with Gasteiger partial charge in [-0.05, 0) is 48.6 Å². The van der Waals surface area contributed by atoms with Crippen LogP contribution in [0.5, 0.6) is 5.75 Å². The molecule has 1 aliphatic rings. The number of methoxy groups -OCH3 is 1. The summed E-state index contributed by atoms with van der Waals surface area (Å²) in [5.41, 5.74) is 2.87. The summed E-state index contributed by atoms with van der Waals surface area (Å²) in [6.45, 7) is 1.45. The highest BCUT2D eigenvalue weighted by Gasteiger charge is 2.27. The average Bonchev–Trinajstić information content (AvgIpc) is 3.37. The molecule has 7 heteroatoms. The highest BCUT2D eigenvalue weighted by Crippen LogP contribution is 2.34. The fraction of sp³-hybridized carbons (Fsp3) is 0.286. The molecule has 1 saturated heterocycles. The molecule has 0 unspecified atom stereocenters. The summed E-state index contributed by atoms with van der Waals surface area (Å²) >= 11 is 0. The molecule has 0 bridgehead atoms. The Morgan fingerprint density at radius 3 is 2.93 bits per heavy atom. The second-order valence-electron chi connectivity index (χ2n) is 7.18. The van der Waals surface area contributed by atoms with Crippen LogP contribution >= 0.6 is 0 Å². The van der Waals surface area contributed by atoms with Gasteiger partial charge in [0.2, 0.25) is 5.78 Å². The lowest BCUT2D eigenvalue weighted by atomic mass is 9.89. The maximum atomic E-state index is 12.9. The van der Waals surface area contributed by atoms with Gasteiger partial charge in [0.15, 0.2) is 0 Å². The Kier molecular flexibility index (Phi) is 4.00. The van der Waals surface area contributed by atoms with Gasteiger partial charge in [-0.3, -0.25) is 9.20 Å². The van der Waals surface area contributed by atoms with Gasteiger partial charge in [0.1, 0.15) is 11.4 Å². The van der Waals surface area contributed by atoms with Crippen molar-refractivity contribution in [3.63, 3.8) is 0 Å². The van der Waals surface area contributed by atoms with Crippen molar-refractivity contribution in [3.05, 3.63) is 60.3 Å². The van der Waals surface area contributed by atoms with E-state index in [-0.39, 0.29) is 5.91 Å². The number of nitrogens with one attached hydrogen (secondary N) is 1. The Morgan fingerprint density at radius 2 is 2.14 bits per heavy atom. The SMILES string of the molecule is COc1ccc2[nH]cc(C3CCN(C(=O)c4cn5cccnc5n4)CC3)c2c1. The molecule has 142 valence electrons. The van der Waals surface area contributed by atoms with E-state index in [1.807, 2.05) is 29.3 Å². The summed E-state index contributed by atoms with van der Waals surface area (Å²) in [7, 11) is 1.69. The van der Waals surface area contributed by atoms with Crippen LogP contribution in [0.4, 0.5) is 0 Å². The fourth-order valence-corrected chi connectivity index (χ4v) is 4.07. The van der Waals surface area contributed by atoms with Crippen molar-refractivity contribution < 1.29 is 9.53 Å². The molecule has 28 heavy (non-hydrogen) atoms. The van der Waals surface area contributed by atoms with Gasteiger partial charge in [-0.2, -0.15) is 0 Å². The van der Waals surface area contributed by atoms with E-state index in [1.54, 1.807) is 23.9 Å². The van der Waals surface area contributed by atoms with E-state index in [2.05, 4.69) is 27.2 Å². The lowest BCUT2D eigenvalue weighted by molar-refractivity contribution is 0.0708. The number of hydrogen-bond acceptors (Lipinski definition) is 4. The molecule has 3 aromatic heterocycles. The molecule has 4 heterocycles. The Labute approximate surface area is 162 Å². The first-order valence-electron chi connectivity index (χ1n) is 9.47. The molecule has 4 aromatic rings. The summed E-state index contributed by atoms with van der Waals surface area (Å²) in [5, 5.41) is 1.20. The monoisotopic (exact) mass is 375 g/mol. The van der Waals surface area contributed by atoms with E-state index >= 15 is 0 Å². The normalized spacial score (nSPS) is 15.4. The first kappa shape index (κ1) is 16.8. The molecule has 1 aromatic carbocycles.